The predicted octanol–water partition coefficient (Wildman–Crippen LogP) is 14.6. The maximum Gasteiger partial charge on any atom is 0.135 e. The molecule has 2 heteroatoms. The fraction of sp³-hybridized carbons (Fsp3) is 0. The van der Waals surface area contributed by atoms with Crippen molar-refractivity contribution >= 4 is 55.7 Å². The van der Waals surface area contributed by atoms with Crippen molar-refractivity contribution in [3.8, 4) is 61.3 Å². The van der Waals surface area contributed by atoms with Crippen LogP contribution in [0.4, 0.5) is 0 Å². The summed E-state index contributed by atoms with van der Waals surface area (Å²) >= 11 is 0. The van der Waals surface area contributed by atoms with Crippen LogP contribution in [0.1, 0.15) is 11.3 Å². The van der Waals surface area contributed by atoms with Crippen molar-refractivity contribution in [1.29, 1.82) is 0 Å². The minimum absolute atomic E-state index is 0.746. The van der Waals surface area contributed by atoms with E-state index in [2.05, 4.69) is 182 Å². The summed E-state index contributed by atoms with van der Waals surface area (Å²) in [5.41, 5.74) is 17.6. The average Bonchev–Trinajstić information content (AvgIpc) is 3.89. The number of hydrogen-bond acceptors (Lipinski definition) is 1. The summed E-state index contributed by atoms with van der Waals surface area (Å²) in [5.74, 6) is 0.746. The lowest BCUT2D eigenvalue weighted by Crippen LogP contribution is -1.94. The number of benzene rings is 8. The Morgan fingerprint density at radius 2 is 1.02 bits per heavy atom. The van der Waals surface area contributed by atoms with Crippen molar-refractivity contribution in [3.63, 3.8) is 0 Å². The molecule has 54 heavy (non-hydrogen) atoms. The molecule has 0 fully saturated rings. The van der Waals surface area contributed by atoms with Crippen LogP contribution in [0.15, 0.2) is 181 Å². The second-order valence-electron chi connectivity index (χ2n) is 14.2. The molecule has 1 aliphatic rings. The minimum Gasteiger partial charge on any atom is -0.456 e. The average molecular weight is 688 g/mol. The van der Waals surface area contributed by atoms with Crippen LogP contribution in [0.3, 0.4) is 0 Å². The van der Waals surface area contributed by atoms with E-state index in [0.717, 1.165) is 39.1 Å². The molecule has 2 heterocycles. The van der Waals surface area contributed by atoms with Crippen LogP contribution in [0.5, 0.6) is 0 Å². The zero-order valence-electron chi connectivity index (χ0n) is 29.5. The number of fused-ring (bicyclic) bond motifs is 8. The molecular formula is C52H33NO. The topological polar surface area (TPSA) is 18.1 Å². The summed E-state index contributed by atoms with van der Waals surface area (Å²) in [7, 11) is 0. The summed E-state index contributed by atoms with van der Waals surface area (Å²) in [6.45, 7) is 8.01. The Balaban J connectivity index is 1.14. The standard InChI is InChI=1S/C52H33NO/c1-3-39-44-29-37(23-27-50(44)54-49(39)4-2)36-22-26-47-46(30-36)52-43-19-11-18-42-40-16-8-9-17-41(40)45(51(42)43)31-48(52)53(47)38-24-20-33(21-25-38)35-15-10-14-34(28-35)32-12-6-5-7-13-32/h3-31H,1-2H2. The number of rotatable bonds is 6. The highest BCUT2D eigenvalue weighted by Crippen LogP contribution is 2.51. The maximum absolute atomic E-state index is 6.08. The normalized spacial score (nSPS) is 11.9. The lowest BCUT2D eigenvalue weighted by molar-refractivity contribution is 0.603. The maximum atomic E-state index is 6.08. The van der Waals surface area contributed by atoms with Crippen molar-refractivity contribution in [1.82, 2.24) is 4.57 Å². The van der Waals surface area contributed by atoms with E-state index in [1.54, 1.807) is 6.08 Å². The van der Waals surface area contributed by atoms with Gasteiger partial charge in [0.1, 0.15) is 11.3 Å². The molecule has 0 atom stereocenters. The van der Waals surface area contributed by atoms with Crippen LogP contribution in [0.25, 0.3) is 117 Å². The molecule has 0 radical (unpaired) electrons. The van der Waals surface area contributed by atoms with Crippen molar-refractivity contribution in [2.75, 3.05) is 0 Å². The van der Waals surface area contributed by atoms with Gasteiger partial charge in [0.15, 0.2) is 0 Å². The van der Waals surface area contributed by atoms with E-state index >= 15 is 0 Å². The van der Waals surface area contributed by atoms with Gasteiger partial charge in [-0.2, -0.15) is 0 Å². The Kier molecular flexibility index (Phi) is 6.59. The fourth-order valence-corrected chi connectivity index (χ4v) is 8.83. The van der Waals surface area contributed by atoms with Gasteiger partial charge in [0, 0.05) is 27.4 Å². The first kappa shape index (κ1) is 30.5. The molecule has 2 aromatic heterocycles. The Morgan fingerprint density at radius 3 is 1.78 bits per heavy atom. The highest BCUT2D eigenvalue weighted by atomic mass is 16.3. The molecule has 0 saturated carbocycles. The van der Waals surface area contributed by atoms with Crippen molar-refractivity contribution < 1.29 is 4.42 Å². The first-order valence-electron chi connectivity index (χ1n) is 18.4. The second kappa shape index (κ2) is 11.7. The van der Waals surface area contributed by atoms with Crippen LogP contribution in [0.2, 0.25) is 0 Å². The molecule has 0 saturated heterocycles. The van der Waals surface area contributed by atoms with E-state index in [0.29, 0.717) is 0 Å². The molecular weight excluding hydrogens is 655 g/mol. The van der Waals surface area contributed by atoms with Gasteiger partial charge in [-0.15, -0.1) is 0 Å². The van der Waals surface area contributed by atoms with Crippen LogP contribution in [0, 0.1) is 0 Å². The largest absolute Gasteiger partial charge is 0.456 e. The van der Waals surface area contributed by atoms with Gasteiger partial charge in [0.2, 0.25) is 0 Å². The third-order valence-corrected chi connectivity index (χ3v) is 11.3. The molecule has 0 aliphatic heterocycles. The van der Waals surface area contributed by atoms with Gasteiger partial charge >= 0.3 is 0 Å². The summed E-state index contributed by atoms with van der Waals surface area (Å²) in [6.07, 6.45) is 3.61. The number of nitrogens with zero attached hydrogens (tertiary/aromatic N) is 1. The molecule has 2 nitrogen and oxygen atoms in total. The third-order valence-electron chi connectivity index (χ3n) is 11.3. The van der Waals surface area contributed by atoms with Crippen LogP contribution < -0.4 is 0 Å². The highest BCUT2D eigenvalue weighted by molar-refractivity contribution is 6.29. The lowest BCUT2D eigenvalue weighted by atomic mass is 9.96. The van der Waals surface area contributed by atoms with Gasteiger partial charge < -0.3 is 8.98 Å². The molecule has 252 valence electrons. The smallest absolute Gasteiger partial charge is 0.135 e. The minimum atomic E-state index is 0.746. The Bertz CT molecular complexity index is 3170. The van der Waals surface area contributed by atoms with Gasteiger partial charge in [-0.1, -0.05) is 134 Å². The first-order chi connectivity index (χ1) is 26.7. The molecule has 8 aromatic carbocycles. The van der Waals surface area contributed by atoms with Gasteiger partial charge in [-0.3, -0.25) is 0 Å². The quantitative estimate of drug-likeness (QED) is 0.170. The van der Waals surface area contributed by atoms with Crippen LogP contribution >= 0.6 is 0 Å². The Hall–Kier alpha value is -7.16. The summed E-state index contributed by atoms with van der Waals surface area (Å²) in [4.78, 5) is 0. The van der Waals surface area contributed by atoms with E-state index in [1.165, 1.54) is 77.1 Å². The molecule has 1 aliphatic carbocycles. The van der Waals surface area contributed by atoms with E-state index in [4.69, 9.17) is 4.42 Å². The third kappa shape index (κ3) is 4.41. The summed E-state index contributed by atoms with van der Waals surface area (Å²) in [5, 5.41) is 6.14. The predicted molar refractivity (Wildman–Crippen MR) is 229 cm³/mol. The molecule has 0 amide bonds. The number of hydrogen-bond donors (Lipinski definition) is 0. The van der Waals surface area contributed by atoms with Crippen molar-refractivity contribution in [3.05, 3.63) is 188 Å². The Labute approximate surface area is 313 Å². The van der Waals surface area contributed by atoms with Gasteiger partial charge in [0.25, 0.3) is 0 Å². The highest BCUT2D eigenvalue weighted by Gasteiger charge is 2.25. The molecule has 10 aromatic rings. The fourth-order valence-electron chi connectivity index (χ4n) is 8.83. The zero-order valence-corrected chi connectivity index (χ0v) is 29.5. The molecule has 0 unspecified atom stereocenters. The summed E-state index contributed by atoms with van der Waals surface area (Å²) < 4.78 is 8.54. The second-order valence-corrected chi connectivity index (χ2v) is 14.2. The molecule has 0 N–H and O–H groups in total. The van der Waals surface area contributed by atoms with Gasteiger partial charge in [0.05, 0.1) is 11.0 Å². The molecule has 11 rings (SSSR count). The molecule has 0 spiro atoms. The monoisotopic (exact) mass is 687 g/mol. The SMILES string of the molecule is C=Cc1oc2ccc(-c3ccc4c(c3)c3c5cccc6c5c(cc3n4-c3ccc(-c4cccc(-c5ccccc5)c4)cc3)-c3ccccc3-6)cc2c1C=C. The lowest BCUT2D eigenvalue weighted by Gasteiger charge is -2.12. The van der Waals surface area contributed by atoms with Crippen molar-refractivity contribution in [2.24, 2.45) is 0 Å². The van der Waals surface area contributed by atoms with Gasteiger partial charge in [-0.05, 0) is 121 Å². The van der Waals surface area contributed by atoms with E-state index in [1.807, 2.05) is 6.08 Å². The van der Waals surface area contributed by atoms with Crippen LogP contribution in [-0.2, 0) is 0 Å². The van der Waals surface area contributed by atoms with Crippen molar-refractivity contribution in [2.45, 2.75) is 0 Å². The summed E-state index contributed by atoms with van der Waals surface area (Å²) in [6, 6.07) is 59.8. The van der Waals surface area contributed by atoms with Crippen LogP contribution in [-0.4, -0.2) is 4.57 Å². The zero-order chi connectivity index (χ0) is 35.9. The first-order valence-corrected chi connectivity index (χ1v) is 18.4. The molecule has 0 bridgehead atoms. The number of aromatic nitrogens is 1. The van der Waals surface area contributed by atoms with E-state index in [9.17, 15) is 0 Å². The number of furan rings is 1. The van der Waals surface area contributed by atoms with Gasteiger partial charge in [-0.25, -0.2) is 0 Å². The van der Waals surface area contributed by atoms with E-state index < -0.39 is 0 Å². The van der Waals surface area contributed by atoms with E-state index in [-0.39, 0.29) is 0 Å². The Morgan fingerprint density at radius 1 is 0.407 bits per heavy atom.